The van der Waals surface area contributed by atoms with Crippen LogP contribution in [0.25, 0.3) is 0 Å². The number of carbonyl (C=O) groups is 2. The van der Waals surface area contributed by atoms with Gasteiger partial charge in [-0.25, -0.2) is 0 Å². The number of thioether (sulfide) groups is 1. The van der Waals surface area contributed by atoms with Crippen molar-refractivity contribution in [1.82, 2.24) is 10.6 Å². The minimum Gasteiger partial charge on any atom is -0.497 e. The van der Waals surface area contributed by atoms with Crippen LogP contribution in [0.2, 0.25) is 0 Å². The third-order valence-electron chi connectivity index (χ3n) is 3.55. The summed E-state index contributed by atoms with van der Waals surface area (Å²) >= 11 is 1.36. The molecule has 0 spiro atoms. The third-order valence-corrected chi connectivity index (χ3v) is 4.63. The van der Waals surface area contributed by atoms with Crippen molar-refractivity contribution in [1.29, 1.82) is 0 Å². The van der Waals surface area contributed by atoms with Crippen molar-refractivity contribution in [3.8, 4) is 5.75 Å². The van der Waals surface area contributed by atoms with E-state index in [1.165, 1.54) is 11.8 Å². The van der Waals surface area contributed by atoms with E-state index in [4.69, 9.17) is 4.74 Å². The van der Waals surface area contributed by atoms with Gasteiger partial charge < -0.3 is 15.4 Å². The summed E-state index contributed by atoms with van der Waals surface area (Å²) in [4.78, 5) is 25.2. The van der Waals surface area contributed by atoms with Gasteiger partial charge in [0.05, 0.1) is 18.4 Å². The van der Waals surface area contributed by atoms with Crippen LogP contribution in [-0.4, -0.2) is 30.7 Å². The van der Waals surface area contributed by atoms with Crippen molar-refractivity contribution in [3.63, 3.8) is 0 Å². The summed E-state index contributed by atoms with van der Waals surface area (Å²) < 4.78 is 5.13. The summed E-state index contributed by atoms with van der Waals surface area (Å²) in [6.07, 6.45) is 0. The largest absolute Gasteiger partial charge is 0.497 e. The van der Waals surface area contributed by atoms with Crippen LogP contribution in [0, 0.1) is 0 Å². The number of hydrogen-bond donors (Lipinski definition) is 2. The van der Waals surface area contributed by atoms with Crippen LogP contribution in [0.15, 0.2) is 53.4 Å². The maximum Gasteiger partial charge on any atom is 0.252 e. The Kier molecular flexibility index (Phi) is 7.53. The van der Waals surface area contributed by atoms with Gasteiger partial charge in [0.2, 0.25) is 5.91 Å². The number of rotatable bonds is 8. The van der Waals surface area contributed by atoms with Crippen molar-refractivity contribution in [2.75, 3.05) is 12.9 Å². The Hall–Kier alpha value is -2.47. The highest BCUT2D eigenvalue weighted by molar-refractivity contribution is 8.00. The zero-order chi connectivity index (χ0) is 18.9. The molecule has 0 aromatic heterocycles. The fourth-order valence-corrected chi connectivity index (χ4v) is 3.17. The van der Waals surface area contributed by atoms with E-state index in [1.54, 1.807) is 13.2 Å². The molecule has 5 nitrogen and oxygen atoms in total. The predicted molar refractivity (Wildman–Crippen MR) is 105 cm³/mol. The summed E-state index contributed by atoms with van der Waals surface area (Å²) in [5.74, 6) is 0.856. The highest BCUT2D eigenvalue weighted by atomic mass is 32.2. The molecular formula is C20H24N2O3S. The second kappa shape index (κ2) is 9.87. The Morgan fingerprint density at radius 3 is 2.42 bits per heavy atom. The first-order valence-corrected chi connectivity index (χ1v) is 9.40. The minimum absolute atomic E-state index is 0.0431. The van der Waals surface area contributed by atoms with Crippen LogP contribution in [0.1, 0.15) is 29.8 Å². The molecule has 0 saturated carbocycles. The molecule has 0 radical (unpaired) electrons. The number of amides is 2. The number of hydrogen-bond acceptors (Lipinski definition) is 4. The minimum atomic E-state index is -0.159. The summed E-state index contributed by atoms with van der Waals surface area (Å²) in [5.41, 5.74) is 1.56. The standard InChI is InChI=1S/C20H24N2O3S/c1-14(2)22-19(23)13-26-18-7-5-4-6-17(18)20(24)21-12-15-8-10-16(25-3)11-9-15/h4-11,14H,12-13H2,1-3H3,(H,21,24)(H,22,23). The number of nitrogens with one attached hydrogen (secondary N) is 2. The van der Waals surface area contributed by atoms with E-state index >= 15 is 0 Å². The lowest BCUT2D eigenvalue weighted by Crippen LogP contribution is -2.31. The average Bonchev–Trinajstić information content (AvgIpc) is 2.64. The van der Waals surface area contributed by atoms with Crippen LogP contribution in [0.5, 0.6) is 5.75 Å². The first kappa shape index (κ1) is 19.8. The van der Waals surface area contributed by atoms with Gasteiger partial charge in [0.1, 0.15) is 5.75 Å². The molecule has 0 aliphatic carbocycles. The molecule has 0 fully saturated rings. The third kappa shape index (κ3) is 6.11. The van der Waals surface area contributed by atoms with E-state index in [0.717, 1.165) is 16.2 Å². The molecule has 0 heterocycles. The van der Waals surface area contributed by atoms with Gasteiger partial charge in [0.25, 0.3) is 5.91 Å². The molecule has 2 rings (SSSR count). The zero-order valence-corrected chi connectivity index (χ0v) is 16.1. The number of carbonyl (C=O) groups excluding carboxylic acids is 2. The second-order valence-corrected chi connectivity index (χ2v) is 7.05. The summed E-state index contributed by atoms with van der Waals surface area (Å²) in [6, 6.07) is 15.0. The Balaban J connectivity index is 1.96. The van der Waals surface area contributed by atoms with Gasteiger partial charge in [-0.1, -0.05) is 24.3 Å². The molecule has 6 heteroatoms. The van der Waals surface area contributed by atoms with Crippen LogP contribution >= 0.6 is 11.8 Å². The van der Waals surface area contributed by atoms with Gasteiger partial charge >= 0.3 is 0 Å². The van der Waals surface area contributed by atoms with Crippen molar-refractivity contribution < 1.29 is 14.3 Å². The Morgan fingerprint density at radius 1 is 1.08 bits per heavy atom. The van der Waals surface area contributed by atoms with Crippen LogP contribution < -0.4 is 15.4 Å². The smallest absolute Gasteiger partial charge is 0.252 e. The molecular weight excluding hydrogens is 348 g/mol. The van der Waals surface area contributed by atoms with E-state index < -0.39 is 0 Å². The van der Waals surface area contributed by atoms with Gasteiger partial charge in [-0.15, -0.1) is 11.8 Å². The maximum atomic E-state index is 12.5. The lowest BCUT2D eigenvalue weighted by molar-refractivity contribution is -0.119. The maximum absolute atomic E-state index is 12.5. The molecule has 138 valence electrons. The van der Waals surface area contributed by atoms with Gasteiger partial charge in [0, 0.05) is 17.5 Å². The molecule has 0 atom stereocenters. The van der Waals surface area contributed by atoms with Crippen molar-refractivity contribution in [3.05, 3.63) is 59.7 Å². The Labute approximate surface area is 158 Å². The predicted octanol–water partition coefficient (Wildman–Crippen LogP) is 3.24. The van der Waals surface area contributed by atoms with Gasteiger partial charge in [-0.05, 0) is 43.7 Å². The normalized spacial score (nSPS) is 10.5. The van der Waals surface area contributed by atoms with Gasteiger partial charge in [0.15, 0.2) is 0 Å². The number of ether oxygens (including phenoxy) is 1. The SMILES string of the molecule is COc1ccc(CNC(=O)c2ccccc2SCC(=O)NC(C)C)cc1. The molecule has 0 aliphatic heterocycles. The van der Waals surface area contributed by atoms with Gasteiger partial charge in [-0.3, -0.25) is 9.59 Å². The zero-order valence-electron chi connectivity index (χ0n) is 15.2. The van der Waals surface area contributed by atoms with Crippen molar-refractivity contribution in [2.24, 2.45) is 0 Å². The quantitative estimate of drug-likeness (QED) is 0.698. The van der Waals surface area contributed by atoms with Crippen LogP contribution in [0.3, 0.4) is 0 Å². The first-order chi connectivity index (χ1) is 12.5. The molecule has 2 aromatic rings. The van der Waals surface area contributed by atoms with Crippen molar-refractivity contribution >= 4 is 23.6 Å². The van der Waals surface area contributed by atoms with Crippen LogP contribution in [-0.2, 0) is 11.3 Å². The lowest BCUT2D eigenvalue weighted by Gasteiger charge is -2.11. The fraction of sp³-hybridized carbons (Fsp3) is 0.300. The van der Waals surface area contributed by atoms with E-state index in [9.17, 15) is 9.59 Å². The van der Waals surface area contributed by atoms with Gasteiger partial charge in [-0.2, -0.15) is 0 Å². The van der Waals surface area contributed by atoms with Crippen LogP contribution in [0.4, 0.5) is 0 Å². The lowest BCUT2D eigenvalue weighted by atomic mass is 10.2. The molecule has 2 amide bonds. The van der Waals surface area contributed by atoms with E-state index in [2.05, 4.69) is 10.6 Å². The number of methoxy groups -OCH3 is 1. The summed E-state index contributed by atoms with van der Waals surface area (Å²) in [5, 5.41) is 5.77. The summed E-state index contributed by atoms with van der Waals surface area (Å²) in [6.45, 7) is 4.27. The highest BCUT2D eigenvalue weighted by Crippen LogP contribution is 2.22. The molecule has 26 heavy (non-hydrogen) atoms. The molecule has 2 N–H and O–H groups in total. The Morgan fingerprint density at radius 2 is 1.77 bits per heavy atom. The molecule has 0 saturated heterocycles. The second-order valence-electron chi connectivity index (χ2n) is 6.04. The summed E-state index contributed by atoms with van der Waals surface area (Å²) in [7, 11) is 1.62. The van der Waals surface area contributed by atoms with E-state index in [0.29, 0.717) is 12.1 Å². The highest BCUT2D eigenvalue weighted by Gasteiger charge is 2.13. The van der Waals surface area contributed by atoms with E-state index in [1.807, 2.05) is 56.3 Å². The fourth-order valence-electron chi connectivity index (χ4n) is 2.31. The molecule has 0 aliphatic rings. The Bertz CT molecular complexity index is 745. The molecule has 0 bridgehead atoms. The first-order valence-electron chi connectivity index (χ1n) is 8.42. The number of benzene rings is 2. The molecule has 0 unspecified atom stereocenters. The topological polar surface area (TPSA) is 67.4 Å². The van der Waals surface area contributed by atoms with E-state index in [-0.39, 0.29) is 23.6 Å². The average molecular weight is 372 g/mol. The monoisotopic (exact) mass is 372 g/mol. The molecule has 2 aromatic carbocycles. The van der Waals surface area contributed by atoms with Crippen molar-refractivity contribution in [2.45, 2.75) is 31.3 Å².